The lowest BCUT2D eigenvalue weighted by molar-refractivity contribution is -0.163. The maximum absolute atomic E-state index is 11.4. The Balaban J connectivity index is 2.21. The van der Waals surface area contributed by atoms with Gasteiger partial charge in [0, 0.05) is 6.42 Å². The van der Waals surface area contributed by atoms with E-state index in [0.717, 1.165) is 6.42 Å². The normalized spacial score (nSPS) is 30.7. The quantitative estimate of drug-likeness (QED) is 0.636. The van der Waals surface area contributed by atoms with E-state index in [-0.39, 0.29) is 17.6 Å². The van der Waals surface area contributed by atoms with Crippen LogP contribution in [0.15, 0.2) is 0 Å². The van der Waals surface area contributed by atoms with E-state index >= 15 is 0 Å². The van der Waals surface area contributed by atoms with Gasteiger partial charge < -0.3 is 9.47 Å². The largest absolute Gasteiger partial charge is 0.376 e. The number of carbonyl (C=O) groups excluding carboxylic acids is 1. The second-order valence-corrected chi connectivity index (χ2v) is 4.68. The van der Waals surface area contributed by atoms with Crippen LogP contribution in [0.5, 0.6) is 0 Å². The molecular formula is C12H22O3. The lowest BCUT2D eigenvalue weighted by Gasteiger charge is -2.44. The first-order valence-corrected chi connectivity index (χ1v) is 5.77. The van der Waals surface area contributed by atoms with Crippen molar-refractivity contribution in [3.63, 3.8) is 0 Å². The van der Waals surface area contributed by atoms with Gasteiger partial charge in [0.25, 0.3) is 0 Å². The zero-order chi connectivity index (χ0) is 11.5. The van der Waals surface area contributed by atoms with Crippen LogP contribution < -0.4 is 0 Å². The van der Waals surface area contributed by atoms with Gasteiger partial charge in [0.05, 0.1) is 30.8 Å². The van der Waals surface area contributed by atoms with Crippen molar-refractivity contribution in [3.05, 3.63) is 0 Å². The molecule has 0 aromatic rings. The smallest absolute Gasteiger partial charge is 0.143 e. The van der Waals surface area contributed by atoms with Gasteiger partial charge in [-0.3, -0.25) is 4.79 Å². The van der Waals surface area contributed by atoms with E-state index in [0.29, 0.717) is 25.4 Å². The number of Topliss-reactive ketones (excluding diaryl/α,β-unsaturated/α-hetero) is 1. The monoisotopic (exact) mass is 214 g/mol. The molecule has 1 fully saturated rings. The molecule has 1 aliphatic rings. The molecule has 0 aromatic carbocycles. The highest BCUT2D eigenvalue weighted by Crippen LogP contribution is 2.42. The Morgan fingerprint density at radius 2 is 2.13 bits per heavy atom. The second-order valence-electron chi connectivity index (χ2n) is 4.68. The van der Waals surface area contributed by atoms with Gasteiger partial charge in [0.15, 0.2) is 0 Å². The predicted octanol–water partition coefficient (Wildman–Crippen LogP) is 2.19. The van der Waals surface area contributed by atoms with E-state index in [1.807, 2.05) is 27.7 Å². The Bertz CT molecular complexity index is 225. The zero-order valence-electron chi connectivity index (χ0n) is 10.2. The molecule has 3 heteroatoms. The van der Waals surface area contributed by atoms with E-state index in [1.165, 1.54) is 0 Å². The second kappa shape index (κ2) is 5.08. The highest BCUT2D eigenvalue weighted by Gasteiger charge is 2.50. The van der Waals surface area contributed by atoms with Gasteiger partial charge in [-0.2, -0.15) is 0 Å². The van der Waals surface area contributed by atoms with Crippen molar-refractivity contribution in [3.8, 4) is 0 Å². The molecule has 0 aromatic heterocycles. The number of carbonyl (C=O) groups is 1. The fraction of sp³-hybridized carbons (Fsp3) is 0.917. The Labute approximate surface area is 92.1 Å². The van der Waals surface area contributed by atoms with Crippen LogP contribution in [0, 0.1) is 5.41 Å². The molecule has 1 aliphatic carbocycles. The zero-order valence-corrected chi connectivity index (χ0v) is 10.2. The van der Waals surface area contributed by atoms with Gasteiger partial charge in [0.2, 0.25) is 0 Å². The van der Waals surface area contributed by atoms with Gasteiger partial charge in [-0.25, -0.2) is 0 Å². The van der Waals surface area contributed by atoms with Crippen LogP contribution in [0.4, 0.5) is 0 Å². The Morgan fingerprint density at radius 3 is 2.60 bits per heavy atom. The van der Waals surface area contributed by atoms with Crippen molar-refractivity contribution in [1.82, 2.24) is 0 Å². The van der Waals surface area contributed by atoms with Crippen LogP contribution in [0.3, 0.4) is 0 Å². The molecular weight excluding hydrogens is 192 g/mol. The average Bonchev–Trinajstić information content (AvgIpc) is 2.20. The van der Waals surface area contributed by atoms with E-state index < -0.39 is 0 Å². The number of ketones is 1. The van der Waals surface area contributed by atoms with Crippen molar-refractivity contribution in [2.75, 3.05) is 13.2 Å². The molecule has 0 saturated heterocycles. The summed E-state index contributed by atoms with van der Waals surface area (Å²) in [4.78, 5) is 11.4. The van der Waals surface area contributed by atoms with Crippen LogP contribution >= 0.6 is 0 Å². The molecule has 0 aliphatic heterocycles. The number of hydrogen-bond donors (Lipinski definition) is 0. The topological polar surface area (TPSA) is 35.5 Å². The molecule has 0 spiro atoms. The first kappa shape index (κ1) is 12.7. The first-order valence-electron chi connectivity index (χ1n) is 5.77. The molecule has 2 unspecified atom stereocenters. The molecule has 2 atom stereocenters. The Kier molecular flexibility index (Phi) is 4.29. The van der Waals surface area contributed by atoms with E-state index in [1.54, 1.807) is 0 Å². The fourth-order valence-corrected chi connectivity index (χ4v) is 1.82. The molecule has 1 saturated carbocycles. The van der Waals surface area contributed by atoms with Crippen LogP contribution in [0.1, 0.15) is 40.5 Å². The standard InChI is InChI=1S/C12H22O3/c1-5-12(4)10(13)8-11(12)15-7-6-14-9(2)3/h9,11H,5-8H2,1-4H3. The summed E-state index contributed by atoms with van der Waals surface area (Å²) in [6.07, 6.45) is 1.79. The highest BCUT2D eigenvalue weighted by atomic mass is 16.5. The summed E-state index contributed by atoms with van der Waals surface area (Å²) in [6.45, 7) is 9.24. The molecule has 0 radical (unpaired) electrons. The number of ether oxygens (including phenoxy) is 2. The molecule has 15 heavy (non-hydrogen) atoms. The maximum atomic E-state index is 11.4. The summed E-state index contributed by atoms with van der Waals surface area (Å²) in [5.74, 6) is 0.333. The molecule has 0 bridgehead atoms. The summed E-state index contributed by atoms with van der Waals surface area (Å²) in [5, 5.41) is 0. The van der Waals surface area contributed by atoms with E-state index in [4.69, 9.17) is 9.47 Å². The van der Waals surface area contributed by atoms with E-state index in [2.05, 4.69) is 0 Å². The minimum atomic E-state index is -0.238. The fourth-order valence-electron chi connectivity index (χ4n) is 1.82. The number of rotatable bonds is 6. The summed E-state index contributed by atoms with van der Waals surface area (Å²) in [5.41, 5.74) is -0.238. The van der Waals surface area contributed by atoms with Crippen molar-refractivity contribution in [2.24, 2.45) is 5.41 Å². The van der Waals surface area contributed by atoms with Crippen molar-refractivity contribution < 1.29 is 14.3 Å². The van der Waals surface area contributed by atoms with Gasteiger partial charge in [-0.05, 0) is 20.3 Å². The third-order valence-corrected chi connectivity index (χ3v) is 3.31. The summed E-state index contributed by atoms with van der Waals surface area (Å²) < 4.78 is 11.0. The van der Waals surface area contributed by atoms with Crippen LogP contribution in [-0.2, 0) is 14.3 Å². The van der Waals surface area contributed by atoms with Crippen molar-refractivity contribution in [2.45, 2.75) is 52.7 Å². The minimum Gasteiger partial charge on any atom is -0.376 e. The van der Waals surface area contributed by atoms with E-state index in [9.17, 15) is 4.79 Å². The summed E-state index contributed by atoms with van der Waals surface area (Å²) in [7, 11) is 0. The molecule has 0 N–H and O–H groups in total. The number of hydrogen-bond acceptors (Lipinski definition) is 3. The van der Waals surface area contributed by atoms with Crippen LogP contribution in [0.25, 0.3) is 0 Å². The Morgan fingerprint density at radius 1 is 1.47 bits per heavy atom. The highest BCUT2D eigenvalue weighted by molar-refractivity contribution is 5.91. The lowest BCUT2D eigenvalue weighted by Crippen LogP contribution is -2.53. The van der Waals surface area contributed by atoms with Gasteiger partial charge >= 0.3 is 0 Å². The maximum Gasteiger partial charge on any atom is 0.143 e. The molecule has 88 valence electrons. The summed E-state index contributed by atoms with van der Waals surface area (Å²) in [6, 6.07) is 0. The SMILES string of the molecule is CCC1(C)C(=O)CC1OCCOC(C)C. The minimum absolute atomic E-state index is 0.103. The molecule has 0 heterocycles. The van der Waals surface area contributed by atoms with Gasteiger partial charge in [-0.15, -0.1) is 0 Å². The first-order chi connectivity index (χ1) is 7.00. The lowest BCUT2D eigenvalue weighted by atomic mass is 9.64. The van der Waals surface area contributed by atoms with Crippen molar-refractivity contribution in [1.29, 1.82) is 0 Å². The third-order valence-electron chi connectivity index (χ3n) is 3.31. The average molecular weight is 214 g/mol. The summed E-state index contributed by atoms with van der Waals surface area (Å²) >= 11 is 0. The Hall–Kier alpha value is -0.410. The molecule has 0 amide bonds. The van der Waals surface area contributed by atoms with Gasteiger partial charge in [0.1, 0.15) is 5.78 Å². The predicted molar refractivity (Wildman–Crippen MR) is 58.9 cm³/mol. The molecule has 1 rings (SSSR count). The van der Waals surface area contributed by atoms with Crippen LogP contribution in [0.2, 0.25) is 0 Å². The van der Waals surface area contributed by atoms with Crippen LogP contribution in [-0.4, -0.2) is 31.2 Å². The van der Waals surface area contributed by atoms with Crippen molar-refractivity contribution >= 4 is 5.78 Å². The molecule has 3 nitrogen and oxygen atoms in total. The van der Waals surface area contributed by atoms with Gasteiger partial charge in [-0.1, -0.05) is 13.8 Å². The third kappa shape index (κ3) is 2.79.